The highest BCUT2D eigenvalue weighted by atomic mass is 19.4. The number of aromatic amines is 1. The van der Waals surface area contributed by atoms with E-state index in [1.165, 1.54) is 33.9 Å². The lowest BCUT2D eigenvalue weighted by atomic mass is 9.91. The van der Waals surface area contributed by atoms with Crippen LogP contribution in [0.4, 0.5) is 13.2 Å². The van der Waals surface area contributed by atoms with Gasteiger partial charge in [-0.2, -0.15) is 18.3 Å². The normalized spacial score (nSPS) is 15.7. The average Bonchev–Trinajstić information content (AvgIpc) is 3.57. The molecule has 4 heterocycles. The van der Waals surface area contributed by atoms with Gasteiger partial charge in [0.05, 0.1) is 29.6 Å². The van der Waals surface area contributed by atoms with Crippen molar-refractivity contribution in [2.45, 2.75) is 31.2 Å². The maximum absolute atomic E-state index is 13.2. The molecule has 0 aliphatic carbocycles. The largest absolute Gasteiger partial charge is 0.416 e. The van der Waals surface area contributed by atoms with Crippen LogP contribution < -0.4 is 5.56 Å². The van der Waals surface area contributed by atoms with Crippen LogP contribution in [0.15, 0.2) is 72.0 Å². The van der Waals surface area contributed by atoms with Gasteiger partial charge in [0.1, 0.15) is 11.7 Å². The van der Waals surface area contributed by atoms with Crippen LogP contribution in [0.5, 0.6) is 0 Å². The Bertz CT molecular complexity index is 1740. The number of halogens is 3. The van der Waals surface area contributed by atoms with Gasteiger partial charge in [-0.05, 0) is 60.7 Å². The Morgan fingerprint density at radius 2 is 1.82 bits per heavy atom. The van der Waals surface area contributed by atoms with Crippen LogP contribution in [0.2, 0.25) is 0 Å². The van der Waals surface area contributed by atoms with Crippen LogP contribution in [0.1, 0.15) is 28.8 Å². The summed E-state index contributed by atoms with van der Waals surface area (Å²) in [6.45, 7) is 0.638. The zero-order valence-corrected chi connectivity index (χ0v) is 20.5. The minimum Gasteiger partial charge on any atom is -0.388 e. The van der Waals surface area contributed by atoms with Crippen molar-refractivity contribution in [3.8, 4) is 5.69 Å². The van der Waals surface area contributed by atoms with Crippen LogP contribution >= 0.6 is 0 Å². The molecule has 5 aromatic rings. The van der Waals surface area contributed by atoms with Gasteiger partial charge in [-0.15, -0.1) is 0 Å². The van der Waals surface area contributed by atoms with Gasteiger partial charge in [0.25, 0.3) is 11.5 Å². The van der Waals surface area contributed by atoms with E-state index in [0.717, 1.165) is 23.0 Å². The number of hydrogen-bond donors (Lipinski definition) is 2. The number of alkyl halides is 3. The van der Waals surface area contributed by atoms with E-state index in [0.29, 0.717) is 24.3 Å². The first-order valence-corrected chi connectivity index (χ1v) is 12.3. The minimum absolute atomic E-state index is 0.0172. The lowest BCUT2D eigenvalue weighted by molar-refractivity contribution is -0.137. The molecular weight excluding hydrogens is 513 g/mol. The molecule has 9 nitrogen and oxygen atoms in total. The third-order valence-corrected chi connectivity index (χ3v) is 7.24. The van der Waals surface area contributed by atoms with Crippen molar-refractivity contribution in [3.63, 3.8) is 0 Å². The number of piperidine rings is 1. The number of aliphatic hydroxyl groups is 1. The van der Waals surface area contributed by atoms with Crippen LogP contribution in [-0.4, -0.2) is 58.9 Å². The summed E-state index contributed by atoms with van der Waals surface area (Å²) in [5.41, 5.74) is -0.478. The fourth-order valence-corrected chi connectivity index (χ4v) is 5.01. The number of benzene rings is 2. The van der Waals surface area contributed by atoms with E-state index in [9.17, 15) is 27.9 Å². The fourth-order valence-electron chi connectivity index (χ4n) is 5.01. The maximum Gasteiger partial charge on any atom is 0.416 e. The van der Waals surface area contributed by atoms with Gasteiger partial charge in [-0.3, -0.25) is 14.2 Å². The predicted molar refractivity (Wildman–Crippen MR) is 137 cm³/mol. The molecule has 12 heteroatoms. The van der Waals surface area contributed by atoms with Crippen LogP contribution in [-0.2, 0) is 12.7 Å². The number of nitrogens with zero attached hydrogens (tertiary/aromatic N) is 5. The molecule has 6 rings (SSSR count). The molecule has 0 bridgehead atoms. The molecule has 0 saturated carbocycles. The number of H-pyrrole nitrogens is 1. The first kappa shape index (κ1) is 24.9. The van der Waals surface area contributed by atoms with Crippen molar-refractivity contribution >= 4 is 27.8 Å². The Hall–Kier alpha value is -4.45. The third-order valence-electron chi connectivity index (χ3n) is 7.24. The number of nitrogens with one attached hydrogen (secondary N) is 1. The first-order chi connectivity index (χ1) is 18.6. The minimum atomic E-state index is -4.46. The van der Waals surface area contributed by atoms with Crippen molar-refractivity contribution in [1.82, 2.24) is 29.2 Å². The number of rotatable bonds is 4. The molecule has 1 aliphatic rings. The number of aromatic nitrogens is 5. The molecule has 0 spiro atoms. The lowest BCUT2D eigenvalue weighted by Crippen LogP contribution is -2.49. The SMILES string of the molecule is O=C(c1ccc2cc[nH]c2c1)N1CCC(O)(Cn2cnc3c(cnn3-c3ccc(C(F)(F)F)cc3)c2=O)CC1. The van der Waals surface area contributed by atoms with E-state index < -0.39 is 22.9 Å². The molecule has 0 atom stereocenters. The van der Waals surface area contributed by atoms with Crippen LogP contribution in [0.25, 0.3) is 27.6 Å². The summed E-state index contributed by atoms with van der Waals surface area (Å²) < 4.78 is 41.3. The van der Waals surface area contributed by atoms with Crippen molar-refractivity contribution < 1.29 is 23.1 Å². The number of carbonyl (C=O) groups excluding carboxylic acids is 1. The van der Waals surface area contributed by atoms with E-state index in [4.69, 9.17) is 0 Å². The highest BCUT2D eigenvalue weighted by molar-refractivity contribution is 5.98. The molecule has 0 unspecified atom stereocenters. The lowest BCUT2D eigenvalue weighted by Gasteiger charge is -2.38. The van der Waals surface area contributed by atoms with E-state index >= 15 is 0 Å². The molecule has 2 aromatic carbocycles. The molecule has 200 valence electrons. The van der Waals surface area contributed by atoms with Gasteiger partial charge < -0.3 is 15.0 Å². The topological polar surface area (TPSA) is 109 Å². The Labute approximate surface area is 219 Å². The van der Waals surface area contributed by atoms with Crippen molar-refractivity contribution in [1.29, 1.82) is 0 Å². The van der Waals surface area contributed by atoms with Crippen molar-refractivity contribution in [2.75, 3.05) is 13.1 Å². The smallest absolute Gasteiger partial charge is 0.388 e. The van der Waals surface area contributed by atoms with Gasteiger partial charge in [0.2, 0.25) is 0 Å². The second-order valence-corrected chi connectivity index (χ2v) is 9.81. The van der Waals surface area contributed by atoms with Crippen molar-refractivity contribution in [3.05, 3.63) is 88.7 Å². The first-order valence-electron chi connectivity index (χ1n) is 12.3. The third kappa shape index (κ3) is 4.56. The molecular formula is C27H23F3N6O3. The van der Waals surface area contributed by atoms with E-state index in [-0.39, 0.29) is 36.3 Å². The summed E-state index contributed by atoms with van der Waals surface area (Å²) in [6, 6.07) is 11.8. The van der Waals surface area contributed by atoms with Crippen molar-refractivity contribution in [2.24, 2.45) is 0 Å². The molecule has 1 fully saturated rings. The molecule has 3 aromatic heterocycles. The standard InChI is InChI=1S/C27H23F3N6O3/c28-27(29,30)19-3-5-20(6-4-19)36-23-21(14-33-36)25(38)35(16-32-23)15-26(39)8-11-34(12-9-26)24(37)18-2-1-17-7-10-31-22(17)13-18/h1-7,10,13-14,16,31,39H,8-9,11-12,15H2. The predicted octanol–water partition coefficient (Wildman–Crippen LogP) is 3.75. The highest BCUT2D eigenvalue weighted by Gasteiger charge is 2.35. The highest BCUT2D eigenvalue weighted by Crippen LogP contribution is 2.30. The summed E-state index contributed by atoms with van der Waals surface area (Å²) in [4.78, 5) is 35.3. The molecule has 39 heavy (non-hydrogen) atoms. The van der Waals surface area contributed by atoms with Crippen LogP contribution in [0.3, 0.4) is 0 Å². The van der Waals surface area contributed by atoms with Gasteiger partial charge in [-0.25, -0.2) is 9.67 Å². The number of carbonyl (C=O) groups is 1. The summed E-state index contributed by atoms with van der Waals surface area (Å²) in [7, 11) is 0. The zero-order valence-electron chi connectivity index (χ0n) is 20.5. The Morgan fingerprint density at radius 3 is 2.54 bits per heavy atom. The van der Waals surface area contributed by atoms with E-state index in [1.54, 1.807) is 11.0 Å². The number of likely N-dealkylation sites (tertiary alicyclic amines) is 1. The number of hydrogen-bond acceptors (Lipinski definition) is 5. The van der Waals surface area contributed by atoms with E-state index in [2.05, 4.69) is 15.1 Å². The van der Waals surface area contributed by atoms with Gasteiger partial charge in [0.15, 0.2) is 5.65 Å². The van der Waals surface area contributed by atoms with Gasteiger partial charge in [-0.1, -0.05) is 6.07 Å². The van der Waals surface area contributed by atoms with E-state index in [1.807, 2.05) is 24.4 Å². The number of fused-ring (bicyclic) bond motifs is 2. The Kier molecular flexibility index (Phi) is 5.79. The summed E-state index contributed by atoms with van der Waals surface area (Å²) in [5.74, 6) is -0.121. The average molecular weight is 537 g/mol. The maximum atomic E-state index is 13.2. The Balaban J connectivity index is 1.17. The molecule has 1 aliphatic heterocycles. The number of amides is 1. The second kappa shape index (κ2) is 9.09. The molecule has 0 radical (unpaired) electrons. The molecule has 1 saturated heterocycles. The quantitative estimate of drug-likeness (QED) is 0.364. The monoisotopic (exact) mass is 536 g/mol. The second-order valence-electron chi connectivity index (χ2n) is 9.81. The van der Waals surface area contributed by atoms with Gasteiger partial charge >= 0.3 is 6.18 Å². The van der Waals surface area contributed by atoms with Crippen LogP contribution in [0, 0.1) is 0 Å². The summed E-state index contributed by atoms with van der Waals surface area (Å²) >= 11 is 0. The van der Waals surface area contributed by atoms with Gasteiger partial charge in [0, 0.05) is 30.4 Å². The Morgan fingerprint density at radius 1 is 1.08 bits per heavy atom. The summed E-state index contributed by atoms with van der Waals surface area (Å²) in [6.07, 6.45) is 0.516. The summed E-state index contributed by atoms with van der Waals surface area (Å²) in [5, 5.41) is 16.6. The molecule has 1 amide bonds. The molecule has 2 N–H and O–H groups in total. The fraction of sp³-hybridized carbons (Fsp3) is 0.259. The zero-order chi connectivity index (χ0) is 27.4.